The summed E-state index contributed by atoms with van der Waals surface area (Å²) in [7, 11) is 0. The Morgan fingerprint density at radius 1 is 1.58 bits per heavy atom. The highest BCUT2D eigenvalue weighted by Crippen LogP contribution is 2.13. The topological polar surface area (TPSA) is 105 Å². The minimum Gasteiger partial charge on any atom is -0.480 e. The van der Waals surface area contributed by atoms with E-state index in [1.54, 1.807) is 19.2 Å². The van der Waals surface area contributed by atoms with E-state index >= 15 is 0 Å². The van der Waals surface area contributed by atoms with Crippen molar-refractivity contribution in [2.24, 2.45) is 0 Å². The van der Waals surface area contributed by atoms with Crippen molar-refractivity contribution in [1.82, 2.24) is 20.0 Å². The van der Waals surface area contributed by atoms with Crippen LogP contribution in [0.5, 0.6) is 0 Å². The molecule has 102 valence electrons. The molecule has 1 aromatic rings. The van der Waals surface area contributed by atoms with Gasteiger partial charge in [-0.2, -0.15) is 5.10 Å². The van der Waals surface area contributed by atoms with Gasteiger partial charge in [-0.15, -0.1) is 0 Å². The summed E-state index contributed by atoms with van der Waals surface area (Å²) in [5, 5.41) is 15.5. The zero-order chi connectivity index (χ0) is 14.0. The van der Waals surface area contributed by atoms with E-state index in [4.69, 9.17) is 5.11 Å². The van der Waals surface area contributed by atoms with Crippen LogP contribution >= 0.6 is 0 Å². The van der Waals surface area contributed by atoms with Crippen molar-refractivity contribution in [2.75, 3.05) is 13.1 Å². The van der Waals surface area contributed by atoms with Crippen LogP contribution in [-0.2, 0) is 14.4 Å². The van der Waals surface area contributed by atoms with Crippen molar-refractivity contribution in [3.63, 3.8) is 0 Å². The van der Waals surface area contributed by atoms with Crippen LogP contribution in [0, 0.1) is 0 Å². The van der Waals surface area contributed by atoms with E-state index in [0.29, 0.717) is 0 Å². The molecule has 0 aromatic carbocycles. The zero-order valence-corrected chi connectivity index (χ0v) is 10.3. The van der Waals surface area contributed by atoms with E-state index in [2.05, 4.69) is 10.4 Å². The van der Waals surface area contributed by atoms with Gasteiger partial charge in [0, 0.05) is 18.9 Å². The number of rotatable bonds is 3. The van der Waals surface area contributed by atoms with Gasteiger partial charge in [-0.1, -0.05) is 0 Å². The lowest BCUT2D eigenvalue weighted by Crippen LogP contribution is -2.60. The summed E-state index contributed by atoms with van der Waals surface area (Å²) in [6.07, 6.45) is 3.14. The molecule has 2 amide bonds. The normalized spacial score (nSPS) is 20.8. The zero-order valence-electron chi connectivity index (χ0n) is 10.3. The predicted octanol–water partition coefficient (Wildman–Crippen LogP) is -1.14. The fourth-order valence-corrected chi connectivity index (χ4v) is 1.96. The molecule has 1 fully saturated rings. The van der Waals surface area contributed by atoms with E-state index in [1.165, 1.54) is 10.9 Å². The number of hydrogen-bond donors (Lipinski definition) is 2. The number of carbonyl (C=O) groups is 3. The van der Waals surface area contributed by atoms with Crippen LogP contribution in [0.15, 0.2) is 18.5 Å². The number of aromatic nitrogens is 2. The van der Waals surface area contributed by atoms with Crippen LogP contribution < -0.4 is 5.32 Å². The Hall–Kier alpha value is -2.38. The van der Waals surface area contributed by atoms with Gasteiger partial charge in [-0.05, 0) is 13.0 Å². The van der Waals surface area contributed by atoms with E-state index in [0.717, 1.165) is 4.90 Å². The quantitative estimate of drug-likeness (QED) is 0.719. The van der Waals surface area contributed by atoms with E-state index in [1.807, 2.05) is 0 Å². The number of hydrogen-bond acceptors (Lipinski definition) is 4. The van der Waals surface area contributed by atoms with Crippen LogP contribution in [0.4, 0.5) is 0 Å². The van der Waals surface area contributed by atoms with Gasteiger partial charge in [-0.3, -0.25) is 14.3 Å². The molecule has 8 nitrogen and oxygen atoms in total. The van der Waals surface area contributed by atoms with Gasteiger partial charge in [0.05, 0.1) is 0 Å². The maximum absolute atomic E-state index is 12.3. The lowest BCUT2D eigenvalue weighted by Gasteiger charge is -2.34. The molecule has 2 N–H and O–H groups in total. The van der Waals surface area contributed by atoms with E-state index in [-0.39, 0.29) is 19.0 Å². The third kappa shape index (κ3) is 2.56. The molecule has 1 saturated heterocycles. The standard InChI is InChI=1S/C11H14N4O4/c1-7(15-4-2-3-13-15)10(17)14-6-9(16)12-5-8(14)11(18)19/h2-4,7-8H,5-6H2,1H3,(H,12,16)(H,18,19). The van der Waals surface area contributed by atoms with Crippen molar-refractivity contribution >= 4 is 17.8 Å². The molecule has 8 heteroatoms. The summed E-state index contributed by atoms with van der Waals surface area (Å²) in [5.74, 6) is -1.94. The molecule has 0 aliphatic carbocycles. The van der Waals surface area contributed by atoms with Crippen molar-refractivity contribution < 1.29 is 19.5 Å². The number of carbonyl (C=O) groups excluding carboxylic acids is 2. The molecular formula is C11H14N4O4. The van der Waals surface area contributed by atoms with Crippen LogP contribution in [0.2, 0.25) is 0 Å². The second-order valence-electron chi connectivity index (χ2n) is 4.29. The first kappa shape index (κ1) is 13.1. The van der Waals surface area contributed by atoms with E-state index < -0.39 is 24.0 Å². The molecule has 19 heavy (non-hydrogen) atoms. The van der Waals surface area contributed by atoms with Gasteiger partial charge in [0.25, 0.3) is 0 Å². The second-order valence-corrected chi connectivity index (χ2v) is 4.29. The molecular weight excluding hydrogens is 252 g/mol. The molecule has 1 aliphatic heterocycles. The molecule has 0 bridgehead atoms. The minimum absolute atomic E-state index is 0.0776. The molecule has 1 aliphatic rings. The first-order chi connectivity index (χ1) is 9.00. The number of carboxylic acid groups (broad SMARTS) is 1. The van der Waals surface area contributed by atoms with E-state index in [9.17, 15) is 14.4 Å². The van der Waals surface area contributed by atoms with Crippen molar-refractivity contribution in [2.45, 2.75) is 19.0 Å². The highest BCUT2D eigenvalue weighted by atomic mass is 16.4. The average Bonchev–Trinajstić information content (AvgIpc) is 2.90. The Labute approximate surface area is 109 Å². The van der Waals surface area contributed by atoms with Crippen LogP contribution in [0.1, 0.15) is 13.0 Å². The van der Waals surface area contributed by atoms with Gasteiger partial charge in [0.1, 0.15) is 18.6 Å². The summed E-state index contributed by atoms with van der Waals surface area (Å²) in [5.41, 5.74) is 0. The van der Waals surface area contributed by atoms with Gasteiger partial charge >= 0.3 is 5.97 Å². The van der Waals surface area contributed by atoms with Gasteiger partial charge in [0.2, 0.25) is 11.8 Å². The Kier molecular flexibility index (Phi) is 3.50. The lowest BCUT2D eigenvalue weighted by atomic mass is 10.1. The number of amides is 2. The second kappa shape index (κ2) is 5.09. The third-order valence-electron chi connectivity index (χ3n) is 3.03. The average molecular weight is 266 g/mol. The summed E-state index contributed by atoms with van der Waals surface area (Å²) < 4.78 is 1.42. The maximum Gasteiger partial charge on any atom is 0.328 e. The van der Waals surface area contributed by atoms with Gasteiger partial charge in [-0.25, -0.2) is 4.79 Å². The Morgan fingerprint density at radius 3 is 2.89 bits per heavy atom. The smallest absolute Gasteiger partial charge is 0.328 e. The van der Waals surface area contributed by atoms with Gasteiger partial charge in [0.15, 0.2) is 0 Å². The first-order valence-electron chi connectivity index (χ1n) is 5.80. The Morgan fingerprint density at radius 2 is 2.32 bits per heavy atom. The van der Waals surface area contributed by atoms with Gasteiger partial charge < -0.3 is 15.3 Å². The molecule has 2 unspecified atom stereocenters. The fraction of sp³-hybridized carbons (Fsp3) is 0.455. The summed E-state index contributed by atoms with van der Waals surface area (Å²) >= 11 is 0. The highest BCUT2D eigenvalue weighted by Gasteiger charge is 2.37. The fourth-order valence-electron chi connectivity index (χ4n) is 1.96. The summed E-state index contributed by atoms with van der Waals surface area (Å²) in [6, 6.07) is -0.0209. The minimum atomic E-state index is -1.14. The van der Waals surface area contributed by atoms with Crippen LogP contribution in [-0.4, -0.2) is 56.7 Å². The van der Waals surface area contributed by atoms with Crippen molar-refractivity contribution in [3.05, 3.63) is 18.5 Å². The van der Waals surface area contributed by atoms with Crippen molar-refractivity contribution in [3.8, 4) is 0 Å². The monoisotopic (exact) mass is 266 g/mol. The number of piperazine rings is 1. The number of nitrogens with zero attached hydrogens (tertiary/aromatic N) is 3. The van der Waals surface area contributed by atoms with Crippen molar-refractivity contribution in [1.29, 1.82) is 0 Å². The molecule has 0 radical (unpaired) electrons. The third-order valence-corrected chi connectivity index (χ3v) is 3.03. The maximum atomic E-state index is 12.3. The van der Waals surface area contributed by atoms with Crippen LogP contribution in [0.25, 0.3) is 0 Å². The molecule has 2 heterocycles. The SMILES string of the molecule is CC(C(=O)N1CC(=O)NCC1C(=O)O)n1cccn1. The molecule has 2 rings (SSSR count). The molecule has 2 atom stereocenters. The number of carboxylic acids is 1. The molecule has 0 spiro atoms. The predicted molar refractivity (Wildman–Crippen MR) is 63.1 cm³/mol. The Balaban J connectivity index is 2.19. The molecule has 0 saturated carbocycles. The summed E-state index contributed by atoms with van der Waals surface area (Å²) in [6.45, 7) is 1.29. The number of aliphatic carboxylic acids is 1. The lowest BCUT2D eigenvalue weighted by molar-refractivity contribution is -0.155. The first-order valence-corrected chi connectivity index (χ1v) is 5.80. The Bertz CT molecular complexity index is 499. The summed E-state index contributed by atoms with van der Waals surface area (Å²) in [4.78, 5) is 35.8. The molecule has 1 aromatic heterocycles. The largest absolute Gasteiger partial charge is 0.480 e. The van der Waals surface area contributed by atoms with Crippen LogP contribution in [0.3, 0.4) is 0 Å². The highest BCUT2D eigenvalue weighted by molar-refractivity contribution is 5.92. The number of nitrogens with one attached hydrogen (secondary N) is 1.